The smallest absolute Gasteiger partial charge is 0.282 e. The third kappa shape index (κ3) is 3.26. The summed E-state index contributed by atoms with van der Waals surface area (Å²) in [6.45, 7) is 0. The minimum atomic E-state index is -0.884. The first-order valence-electron chi connectivity index (χ1n) is 5.62. The highest BCUT2D eigenvalue weighted by atomic mass is 35.5. The molecule has 2 aromatic rings. The summed E-state index contributed by atoms with van der Waals surface area (Å²) in [5.41, 5.74) is -0.877. The fourth-order valence-corrected chi connectivity index (χ4v) is 1.81. The van der Waals surface area contributed by atoms with Crippen LogP contribution in [-0.2, 0) is 0 Å². The van der Waals surface area contributed by atoms with E-state index in [2.05, 4.69) is 5.32 Å². The Hall–Kier alpha value is -2.67. The Kier molecular flexibility index (Phi) is 4.04. The molecule has 0 bridgehead atoms. The van der Waals surface area contributed by atoms with Crippen molar-refractivity contribution in [2.75, 3.05) is 5.32 Å². The van der Waals surface area contributed by atoms with Crippen molar-refractivity contribution in [1.82, 2.24) is 0 Å². The van der Waals surface area contributed by atoms with Crippen LogP contribution >= 0.6 is 11.6 Å². The van der Waals surface area contributed by atoms with Gasteiger partial charge < -0.3 is 10.4 Å². The number of nitro groups is 1. The highest BCUT2D eigenvalue weighted by Crippen LogP contribution is 2.27. The standard InChI is InChI=1S/C13H8ClFN2O4/c14-10-3-1-7(15)5-11(10)16-13(19)9-6-8(18)2-4-12(9)17(20)21/h1-6,18H,(H,16,19). The zero-order valence-corrected chi connectivity index (χ0v) is 11.1. The number of nitrogens with zero attached hydrogens (tertiary/aromatic N) is 1. The quantitative estimate of drug-likeness (QED) is 0.671. The van der Waals surface area contributed by atoms with Crippen LogP contribution in [0.3, 0.4) is 0 Å². The van der Waals surface area contributed by atoms with Gasteiger partial charge in [0.2, 0.25) is 0 Å². The molecule has 0 unspecified atom stereocenters. The van der Waals surface area contributed by atoms with Crippen LogP contribution < -0.4 is 5.32 Å². The van der Waals surface area contributed by atoms with Crippen molar-refractivity contribution in [3.05, 3.63) is 62.9 Å². The molecule has 21 heavy (non-hydrogen) atoms. The zero-order chi connectivity index (χ0) is 15.6. The van der Waals surface area contributed by atoms with Gasteiger partial charge in [0.05, 0.1) is 15.6 Å². The number of hydrogen-bond acceptors (Lipinski definition) is 4. The summed E-state index contributed by atoms with van der Waals surface area (Å²) in [5, 5.41) is 22.6. The minimum absolute atomic E-state index is 0.0284. The average Bonchev–Trinajstić information content (AvgIpc) is 2.42. The van der Waals surface area contributed by atoms with Crippen molar-refractivity contribution in [2.45, 2.75) is 0 Å². The maximum atomic E-state index is 13.1. The van der Waals surface area contributed by atoms with Gasteiger partial charge >= 0.3 is 0 Å². The second kappa shape index (κ2) is 5.76. The van der Waals surface area contributed by atoms with Crippen molar-refractivity contribution < 1.29 is 19.2 Å². The predicted molar refractivity (Wildman–Crippen MR) is 74.1 cm³/mol. The third-order valence-electron chi connectivity index (χ3n) is 2.60. The number of aromatic hydroxyl groups is 1. The number of anilines is 1. The van der Waals surface area contributed by atoms with Crippen LogP contribution in [0.2, 0.25) is 5.02 Å². The molecule has 0 spiro atoms. The van der Waals surface area contributed by atoms with E-state index in [1.165, 1.54) is 6.07 Å². The van der Waals surface area contributed by atoms with Crippen LogP contribution in [0.4, 0.5) is 15.8 Å². The minimum Gasteiger partial charge on any atom is -0.508 e. The van der Waals surface area contributed by atoms with Gasteiger partial charge in [0.1, 0.15) is 17.1 Å². The van der Waals surface area contributed by atoms with Crippen molar-refractivity contribution in [1.29, 1.82) is 0 Å². The van der Waals surface area contributed by atoms with E-state index in [0.29, 0.717) is 0 Å². The van der Waals surface area contributed by atoms with Gasteiger partial charge in [0.15, 0.2) is 0 Å². The van der Waals surface area contributed by atoms with E-state index in [9.17, 15) is 24.4 Å². The summed E-state index contributed by atoms with van der Waals surface area (Å²) >= 11 is 5.80. The van der Waals surface area contributed by atoms with Gasteiger partial charge in [-0.05, 0) is 30.3 Å². The number of hydrogen-bond donors (Lipinski definition) is 2. The van der Waals surface area contributed by atoms with Gasteiger partial charge in [-0.1, -0.05) is 11.6 Å². The number of rotatable bonds is 3. The highest BCUT2D eigenvalue weighted by molar-refractivity contribution is 6.34. The fourth-order valence-electron chi connectivity index (χ4n) is 1.65. The van der Waals surface area contributed by atoms with E-state index in [1.807, 2.05) is 0 Å². The van der Waals surface area contributed by atoms with Crippen LogP contribution in [-0.4, -0.2) is 15.9 Å². The topological polar surface area (TPSA) is 92.5 Å². The number of phenols is 1. The van der Waals surface area contributed by atoms with Gasteiger partial charge in [-0.15, -0.1) is 0 Å². The largest absolute Gasteiger partial charge is 0.508 e. The van der Waals surface area contributed by atoms with Crippen molar-refractivity contribution >= 4 is 28.9 Å². The Labute approximate surface area is 122 Å². The first-order valence-corrected chi connectivity index (χ1v) is 6.00. The molecule has 0 aliphatic carbocycles. The molecule has 0 fully saturated rings. The molecule has 108 valence electrons. The van der Waals surface area contributed by atoms with Crippen LogP contribution in [0, 0.1) is 15.9 Å². The molecule has 0 saturated heterocycles. The first kappa shape index (κ1) is 14.7. The van der Waals surface area contributed by atoms with Gasteiger partial charge in [-0.3, -0.25) is 14.9 Å². The molecular weight excluding hydrogens is 303 g/mol. The van der Waals surface area contributed by atoms with E-state index >= 15 is 0 Å². The molecular formula is C13H8ClFN2O4. The van der Waals surface area contributed by atoms with Gasteiger partial charge in [-0.25, -0.2) is 4.39 Å². The summed E-state index contributed by atoms with van der Waals surface area (Å²) in [4.78, 5) is 22.2. The highest BCUT2D eigenvalue weighted by Gasteiger charge is 2.21. The first-order chi connectivity index (χ1) is 9.88. The van der Waals surface area contributed by atoms with E-state index in [4.69, 9.17) is 11.6 Å². The molecule has 1 amide bonds. The summed E-state index contributed by atoms with van der Waals surface area (Å²) in [5.74, 6) is -1.82. The Morgan fingerprint density at radius 1 is 1.29 bits per heavy atom. The molecule has 0 heterocycles. The average molecular weight is 311 g/mol. The van der Waals surface area contributed by atoms with Crippen LogP contribution in [0.15, 0.2) is 36.4 Å². The van der Waals surface area contributed by atoms with E-state index in [-0.39, 0.29) is 22.0 Å². The Morgan fingerprint density at radius 2 is 2.00 bits per heavy atom. The van der Waals surface area contributed by atoms with Gasteiger partial charge in [-0.2, -0.15) is 0 Å². The summed E-state index contributed by atoms with van der Waals surface area (Å²) in [6.07, 6.45) is 0. The number of phenolic OH excluding ortho intramolecular Hbond substituents is 1. The number of benzene rings is 2. The maximum absolute atomic E-state index is 13.1. The number of amides is 1. The number of carbonyl (C=O) groups is 1. The van der Waals surface area contributed by atoms with E-state index in [1.54, 1.807) is 0 Å². The van der Waals surface area contributed by atoms with E-state index < -0.39 is 22.3 Å². The molecule has 8 heteroatoms. The molecule has 0 radical (unpaired) electrons. The SMILES string of the molecule is O=C(Nc1cc(F)ccc1Cl)c1cc(O)ccc1[N+](=O)[O-]. The van der Waals surface area contributed by atoms with Crippen molar-refractivity contribution in [2.24, 2.45) is 0 Å². The van der Waals surface area contributed by atoms with Crippen molar-refractivity contribution in [3.63, 3.8) is 0 Å². The lowest BCUT2D eigenvalue weighted by atomic mass is 10.1. The van der Waals surface area contributed by atoms with E-state index in [0.717, 1.165) is 30.3 Å². The lowest BCUT2D eigenvalue weighted by Gasteiger charge is -2.08. The normalized spacial score (nSPS) is 10.2. The molecule has 2 N–H and O–H groups in total. The van der Waals surface area contributed by atoms with Crippen LogP contribution in [0.5, 0.6) is 5.75 Å². The summed E-state index contributed by atoms with van der Waals surface area (Å²) in [6, 6.07) is 6.36. The summed E-state index contributed by atoms with van der Waals surface area (Å²) in [7, 11) is 0. The Bertz CT molecular complexity index is 736. The maximum Gasteiger partial charge on any atom is 0.282 e. The number of nitrogens with one attached hydrogen (secondary N) is 1. The van der Waals surface area contributed by atoms with Crippen molar-refractivity contribution in [3.8, 4) is 5.75 Å². The molecule has 0 atom stereocenters. The molecule has 6 nitrogen and oxygen atoms in total. The molecule has 2 aromatic carbocycles. The van der Waals surface area contributed by atoms with Gasteiger partial charge in [0, 0.05) is 6.07 Å². The lowest BCUT2D eigenvalue weighted by molar-refractivity contribution is -0.385. The molecule has 0 aliphatic rings. The molecule has 0 aromatic heterocycles. The monoisotopic (exact) mass is 310 g/mol. The van der Waals surface area contributed by atoms with Gasteiger partial charge in [0.25, 0.3) is 11.6 Å². The Balaban J connectivity index is 2.39. The number of nitro benzene ring substituents is 1. The molecule has 2 rings (SSSR count). The third-order valence-corrected chi connectivity index (χ3v) is 2.93. The molecule has 0 aliphatic heterocycles. The Morgan fingerprint density at radius 3 is 2.67 bits per heavy atom. The fraction of sp³-hybridized carbons (Fsp3) is 0. The number of carbonyl (C=O) groups excluding carboxylic acids is 1. The second-order valence-corrected chi connectivity index (χ2v) is 4.44. The predicted octanol–water partition coefficient (Wildman–Crippen LogP) is 3.35. The van der Waals surface area contributed by atoms with Crippen LogP contribution in [0.25, 0.3) is 0 Å². The summed E-state index contributed by atoms with van der Waals surface area (Å²) < 4.78 is 13.1. The molecule has 0 saturated carbocycles. The van der Waals surface area contributed by atoms with Crippen LogP contribution in [0.1, 0.15) is 10.4 Å². The zero-order valence-electron chi connectivity index (χ0n) is 10.3. The number of halogens is 2. The lowest BCUT2D eigenvalue weighted by Crippen LogP contribution is -2.14. The second-order valence-electron chi connectivity index (χ2n) is 4.04.